The van der Waals surface area contributed by atoms with Gasteiger partial charge in [0.25, 0.3) is 0 Å². The van der Waals surface area contributed by atoms with E-state index in [1.165, 1.54) is 7.11 Å². The van der Waals surface area contributed by atoms with Gasteiger partial charge in [0, 0.05) is 18.6 Å². The van der Waals surface area contributed by atoms with Gasteiger partial charge >= 0.3 is 6.09 Å². The van der Waals surface area contributed by atoms with Crippen LogP contribution in [-0.2, 0) is 15.9 Å². The Kier molecular flexibility index (Phi) is 4.06. The highest BCUT2D eigenvalue weighted by Gasteiger charge is 2.36. The number of fused-ring (bicyclic) bond motifs is 1. The summed E-state index contributed by atoms with van der Waals surface area (Å²) >= 11 is 6.13. The lowest BCUT2D eigenvalue weighted by molar-refractivity contribution is -0.0786. The Morgan fingerprint density at radius 2 is 2.39 bits per heavy atom. The van der Waals surface area contributed by atoms with Crippen molar-refractivity contribution in [3.8, 4) is 0 Å². The van der Waals surface area contributed by atoms with Crippen LogP contribution < -0.4 is 5.32 Å². The van der Waals surface area contributed by atoms with Crippen LogP contribution >= 0.6 is 11.6 Å². The second-order valence-electron chi connectivity index (χ2n) is 4.06. The van der Waals surface area contributed by atoms with Crippen molar-refractivity contribution in [3.63, 3.8) is 0 Å². The van der Waals surface area contributed by atoms with Gasteiger partial charge in [0.05, 0.1) is 12.1 Å². The monoisotopic (exact) mass is 271 g/mol. The zero-order valence-corrected chi connectivity index (χ0v) is 10.6. The average Bonchev–Trinajstić information content (AvgIpc) is 2.65. The molecule has 0 aliphatic heterocycles. The summed E-state index contributed by atoms with van der Waals surface area (Å²) in [6.45, 7) is 0.119. The number of nitrogens with one attached hydrogen (secondary N) is 1. The largest absolute Gasteiger partial charge is 0.465 e. The second kappa shape index (κ2) is 5.56. The molecule has 6 heteroatoms. The van der Waals surface area contributed by atoms with Crippen molar-refractivity contribution in [2.45, 2.75) is 18.6 Å². The molecule has 0 heterocycles. The van der Waals surface area contributed by atoms with Crippen LogP contribution in [-0.4, -0.2) is 31.2 Å². The number of carboxylic acid groups (broad SMARTS) is 1. The van der Waals surface area contributed by atoms with Gasteiger partial charge in [0.1, 0.15) is 6.79 Å². The van der Waals surface area contributed by atoms with Crippen LogP contribution in [0.25, 0.3) is 0 Å². The molecule has 0 unspecified atom stereocenters. The van der Waals surface area contributed by atoms with Gasteiger partial charge in [0.2, 0.25) is 0 Å². The van der Waals surface area contributed by atoms with Crippen LogP contribution in [0.4, 0.5) is 4.79 Å². The summed E-state index contributed by atoms with van der Waals surface area (Å²) in [6.07, 6.45) is -0.778. The molecule has 0 fully saturated rings. The minimum atomic E-state index is -1.10. The fourth-order valence-electron chi connectivity index (χ4n) is 2.24. The van der Waals surface area contributed by atoms with E-state index in [0.717, 1.165) is 11.1 Å². The summed E-state index contributed by atoms with van der Waals surface area (Å²) in [5.41, 5.74) is 1.80. The average molecular weight is 272 g/mol. The first-order valence-electron chi connectivity index (χ1n) is 5.50. The van der Waals surface area contributed by atoms with Crippen LogP contribution in [0.2, 0.25) is 5.02 Å². The van der Waals surface area contributed by atoms with E-state index in [-0.39, 0.29) is 12.9 Å². The molecule has 18 heavy (non-hydrogen) atoms. The number of ether oxygens (including phenoxy) is 2. The van der Waals surface area contributed by atoms with Crippen LogP contribution in [0.5, 0.6) is 0 Å². The first-order chi connectivity index (χ1) is 8.63. The maximum Gasteiger partial charge on any atom is 0.405 e. The third-order valence-corrected chi connectivity index (χ3v) is 3.26. The molecule has 0 radical (unpaired) electrons. The molecule has 0 bridgehead atoms. The van der Waals surface area contributed by atoms with Crippen molar-refractivity contribution in [2.75, 3.05) is 13.9 Å². The maximum atomic E-state index is 10.9. The highest BCUT2D eigenvalue weighted by Crippen LogP contribution is 2.37. The molecular weight excluding hydrogens is 258 g/mol. The minimum Gasteiger partial charge on any atom is -0.465 e. The molecule has 1 aromatic carbocycles. The fourth-order valence-corrected chi connectivity index (χ4v) is 2.55. The first kappa shape index (κ1) is 13.1. The number of halogens is 1. The van der Waals surface area contributed by atoms with E-state index < -0.39 is 12.1 Å². The van der Waals surface area contributed by atoms with Crippen molar-refractivity contribution in [1.82, 2.24) is 5.32 Å². The van der Waals surface area contributed by atoms with Crippen LogP contribution in [0.15, 0.2) is 18.2 Å². The van der Waals surface area contributed by atoms with Gasteiger partial charge in [-0.05, 0) is 17.2 Å². The Balaban J connectivity index is 2.26. The molecule has 1 aromatic rings. The van der Waals surface area contributed by atoms with E-state index in [1.54, 1.807) is 6.07 Å². The van der Waals surface area contributed by atoms with E-state index in [1.807, 2.05) is 12.1 Å². The normalized spacial score (nSPS) is 21.7. The topological polar surface area (TPSA) is 67.8 Å². The molecule has 0 aromatic heterocycles. The highest BCUT2D eigenvalue weighted by atomic mass is 35.5. The van der Waals surface area contributed by atoms with Gasteiger partial charge in [-0.25, -0.2) is 4.79 Å². The van der Waals surface area contributed by atoms with E-state index in [2.05, 4.69) is 5.32 Å². The zero-order chi connectivity index (χ0) is 13.1. The molecule has 0 saturated carbocycles. The Morgan fingerprint density at radius 3 is 3.06 bits per heavy atom. The molecular formula is C12H14ClNO4. The molecule has 5 nitrogen and oxygen atoms in total. The number of amides is 1. The van der Waals surface area contributed by atoms with Crippen LogP contribution in [0, 0.1) is 0 Å². The smallest absolute Gasteiger partial charge is 0.405 e. The lowest BCUT2D eigenvalue weighted by Crippen LogP contribution is -2.34. The van der Waals surface area contributed by atoms with E-state index in [9.17, 15) is 4.79 Å². The summed E-state index contributed by atoms with van der Waals surface area (Å²) in [6, 6.07) is 5.06. The van der Waals surface area contributed by atoms with Crippen molar-refractivity contribution in [1.29, 1.82) is 0 Å². The quantitative estimate of drug-likeness (QED) is 0.824. The third-order valence-electron chi connectivity index (χ3n) is 2.93. The van der Waals surface area contributed by atoms with Gasteiger partial charge in [-0.1, -0.05) is 23.7 Å². The second-order valence-corrected chi connectivity index (χ2v) is 4.46. The predicted molar refractivity (Wildman–Crippen MR) is 65.8 cm³/mol. The Bertz CT molecular complexity index is 452. The summed E-state index contributed by atoms with van der Waals surface area (Å²) < 4.78 is 10.4. The number of carbonyl (C=O) groups is 1. The Morgan fingerprint density at radius 1 is 1.61 bits per heavy atom. The summed E-state index contributed by atoms with van der Waals surface area (Å²) in [7, 11) is 1.52. The lowest BCUT2D eigenvalue weighted by Gasteiger charge is -2.21. The number of hydrogen-bond donors (Lipinski definition) is 2. The van der Waals surface area contributed by atoms with E-state index >= 15 is 0 Å². The molecule has 98 valence electrons. The van der Waals surface area contributed by atoms with Crippen molar-refractivity contribution in [3.05, 3.63) is 34.3 Å². The lowest BCUT2D eigenvalue weighted by atomic mass is 10.1. The first-order valence-corrected chi connectivity index (χ1v) is 5.88. The highest BCUT2D eigenvalue weighted by molar-refractivity contribution is 6.31. The summed E-state index contributed by atoms with van der Waals surface area (Å²) in [5, 5.41) is 11.9. The van der Waals surface area contributed by atoms with Crippen molar-refractivity contribution < 1.29 is 19.4 Å². The van der Waals surface area contributed by atoms with Crippen LogP contribution in [0.3, 0.4) is 0 Å². The molecule has 1 amide bonds. The molecule has 1 aliphatic rings. The number of methoxy groups -OCH3 is 1. The standard InChI is InChI=1S/C12H14ClNO4/c1-17-6-18-9-5-7-3-2-4-8(13)10(7)11(9)14-12(15)16/h2-4,9,11,14H,5-6H2,1H3,(H,15,16)/t9-,11-/m1/s1. The van der Waals surface area contributed by atoms with Gasteiger partial charge in [-0.2, -0.15) is 0 Å². The molecule has 0 saturated heterocycles. The third kappa shape index (κ3) is 2.58. The molecule has 1 aliphatic carbocycles. The molecule has 0 spiro atoms. The summed E-state index contributed by atoms with van der Waals surface area (Å²) in [4.78, 5) is 10.9. The molecule has 2 rings (SSSR count). The van der Waals surface area contributed by atoms with Gasteiger partial charge in [-0.3, -0.25) is 0 Å². The zero-order valence-electron chi connectivity index (χ0n) is 9.85. The van der Waals surface area contributed by atoms with Gasteiger partial charge in [-0.15, -0.1) is 0 Å². The number of benzene rings is 1. The SMILES string of the molecule is COCO[C@@H]1Cc2cccc(Cl)c2[C@@H]1NC(=O)O. The minimum absolute atomic E-state index is 0.119. The van der Waals surface area contributed by atoms with Crippen molar-refractivity contribution in [2.24, 2.45) is 0 Å². The number of hydrogen-bond acceptors (Lipinski definition) is 3. The van der Waals surface area contributed by atoms with Gasteiger partial charge in [0.15, 0.2) is 0 Å². The Hall–Kier alpha value is -1.30. The van der Waals surface area contributed by atoms with Gasteiger partial charge < -0.3 is 19.9 Å². The summed E-state index contributed by atoms with van der Waals surface area (Å²) in [5.74, 6) is 0. The predicted octanol–water partition coefficient (Wildman–Crippen LogP) is 2.19. The van der Waals surface area contributed by atoms with Crippen molar-refractivity contribution >= 4 is 17.7 Å². The maximum absolute atomic E-state index is 10.9. The molecule has 2 atom stereocenters. The number of rotatable bonds is 4. The molecule has 2 N–H and O–H groups in total. The van der Waals surface area contributed by atoms with E-state index in [0.29, 0.717) is 11.4 Å². The van der Waals surface area contributed by atoms with E-state index in [4.69, 9.17) is 26.2 Å². The Labute approximate surface area is 110 Å². The van der Waals surface area contributed by atoms with Crippen LogP contribution in [0.1, 0.15) is 17.2 Å². The fraction of sp³-hybridized carbons (Fsp3) is 0.417.